The minimum atomic E-state index is -0.0808. The van der Waals surface area contributed by atoms with Gasteiger partial charge in [-0.3, -0.25) is 0 Å². The highest BCUT2D eigenvalue weighted by atomic mass is 15.7. The third-order valence-electron chi connectivity index (χ3n) is 5.66. The van der Waals surface area contributed by atoms with E-state index in [2.05, 4.69) is 62.6 Å². The molecule has 0 saturated heterocycles. The zero-order chi connectivity index (χ0) is 16.3. The second-order valence-corrected chi connectivity index (χ2v) is 7.38. The van der Waals surface area contributed by atoms with Gasteiger partial charge in [-0.2, -0.15) is 4.59 Å². The minimum Gasteiger partial charge on any atom is -0.377 e. The Labute approximate surface area is 140 Å². The molecule has 1 aromatic rings. The van der Waals surface area contributed by atoms with Crippen LogP contribution >= 0.6 is 0 Å². The summed E-state index contributed by atoms with van der Waals surface area (Å²) in [6, 6.07) is 11.4. The van der Waals surface area contributed by atoms with Crippen LogP contribution in [0, 0.1) is 0 Å². The summed E-state index contributed by atoms with van der Waals surface area (Å²) in [6.45, 7) is 7.77. The molecule has 1 atom stereocenters. The molecule has 0 aromatic heterocycles. The maximum absolute atomic E-state index is 4.94. The van der Waals surface area contributed by atoms with Gasteiger partial charge in [-0.15, -0.1) is 0 Å². The van der Waals surface area contributed by atoms with Crippen molar-refractivity contribution in [2.45, 2.75) is 64.5 Å². The van der Waals surface area contributed by atoms with E-state index in [0.717, 1.165) is 6.54 Å². The van der Waals surface area contributed by atoms with E-state index in [1.165, 1.54) is 43.4 Å². The van der Waals surface area contributed by atoms with Crippen molar-refractivity contribution in [3.63, 3.8) is 0 Å². The molecule has 3 heteroatoms. The number of rotatable bonds is 5. The second-order valence-electron chi connectivity index (χ2n) is 7.38. The monoisotopic (exact) mass is 312 g/mol. The number of allylic oxidation sites excluding steroid dienone is 1. The Balaban J connectivity index is 1.83. The van der Waals surface area contributed by atoms with Crippen LogP contribution in [0.15, 0.2) is 47.3 Å². The Bertz CT molecular complexity index is 582. The van der Waals surface area contributed by atoms with Gasteiger partial charge in [-0.25, -0.2) is 0 Å². The lowest BCUT2D eigenvalue weighted by Crippen LogP contribution is -2.51. The van der Waals surface area contributed by atoms with Crippen LogP contribution in [0.4, 0.5) is 0 Å². The van der Waals surface area contributed by atoms with E-state index >= 15 is 0 Å². The third-order valence-corrected chi connectivity index (χ3v) is 5.66. The van der Waals surface area contributed by atoms with Gasteiger partial charge in [-0.1, -0.05) is 54.7 Å². The maximum Gasteiger partial charge on any atom is 0.148 e. The van der Waals surface area contributed by atoms with Crippen molar-refractivity contribution in [1.29, 1.82) is 0 Å². The summed E-state index contributed by atoms with van der Waals surface area (Å²) >= 11 is 0. The van der Waals surface area contributed by atoms with E-state index in [0.29, 0.717) is 10.6 Å². The van der Waals surface area contributed by atoms with Gasteiger partial charge in [0.25, 0.3) is 0 Å². The van der Waals surface area contributed by atoms with Gasteiger partial charge in [0, 0.05) is 11.6 Å². The molecule has 1 heterocycles. The lowest BCUT2D eigenvalue weighted by molar-refractivity contribution is -0.938. The smallest absolute Gasteiger partial charge is 0.148 e. The lowest BCUT2D eigenvalue weighted by atomic mass is 9.91. The van der Waals surface area contributed by atoms with Gasteiger partial charge in [0.2, 0.25) is 0 Å². The Hall–Kier alpha value is -1.61. The van der Waals surface area contributed by atoms with Crippen molar-refractivity contribution in [3.8, 4) is 0 Å². The first-order valence-corrected chi connectivity index (χ1v) is 9.06. The van der Waals surface area contributed by atoms with E-state index < -0.39 is 0 Å². The molecule has 1 aliphatic heterocycles. The summed E-state index contributed by atoms with van der Waals surface area (Å²) < 4.78 is 0.631. The normalized spacial score (nSPS) is 25.4. The molecule has 0 radical (unpaired) electrons. The van der Waals surface area contributed by atoms with Crippen LogP contribution in [0.5, 0.6) is 0 Å². The molecule has 1 saturated carbocycles. The number of quaternary nitrogens is 1. The predicted molar refractivity (Wildman–Crippen MR) is 96.9 cm³/mol. The second kappa shape index (κ2) is 6.48. The van der Waals surface area contributed by atoms with Crippen LogP contribution in [0.2, 0.25) is 0 Å². The predicted octanol–water partition coefficient (Wildman–Crippen LogP) is 4.52. The summed E-state index contributed by atoms with van der Waals surface area (Å²) in [7, 11) is 0. The number of benzene rings is 1. The fourth-order valence-corrected chi connectivity index (χ4v) is 3.96. The van der Waals surface area contributed by atoms with Gasteiger partial charge in [-0.05, 0) is 33.6 Å². The summed E-state index contributed by atoms with van der Waals surface area (Å²) in [4.78, 5) is 0. The number of hydrogen-bond donors (Lipinski definition) is 1. The highest BCUT2D eigenvalue weighted by Crippen LogP contribution is 2.38. The molecule has 0 spiro atoms. The molecule has 2 aliphatic rings. The fraction of sp³-hybridized carbons (Fsp3) is 0.550. The Morgan fingerprint density at radius 1 is 1.13 bits per heavy atom. The highest BCUT2D eigenvalue weighted by molar-refractivity contribution is 5.78. The maximum atomic E-state index is 4.94. The van der Waals surface area contributed by atoms with Gasteiger partial charge < -0.3 is 5.32 Å². The molecular weight excluding hydrogens is 282 g/mol. The van der Waals surface area contributed by atoms with Crippen LogP contribution in [0.1, 0.15) is 58.4 Å². The first-order chi connectivity index (χ1) is 11.1. The molecule has 124 valence electrons. The van der Waals surface area contributed by atoms with E-state index in [1.54, 1.807) is 0 Å². The Kier molecular flexibility index (Phi) is 4.58. The zero-order valence-corrected chi connectivity index (χ0v) is 14.8. The highest BCUT2D eigenvalue weighted by Gasteiger charge is 2.46. The molecule has 3 rings (SSSR count). The molecule has 1 unspecified atom stereocenters. The molecule has 1 aliphatic carbocycles. The quantitative estimate of drug-likeness (QED) is 0.794. The van der Waals surface area contributed by atoms with Crippen molar-refractivity contribution in [2.24, 2.45) is 5.10 Å². The van der Waals surface area contributed by atoms with E-state index in [4.69, 9.17) is 5.10 Å². The zero-order valence-electron chi connectivity index (χ0n) is 14.8. The van der Waals surface area contributed by atoms with Crippen LogP contribution in [-0.4, -0.2) is 23.4 Å². The van der Waals surface area contributed by atoms with Crippen LogP contribution in [0.3, 0.4) is 0 Å². The molecule has 3 nitrogen and oxygen atoms in total. The van der Waals surface area contributed by atoms with Gasteiger partial charge >= 0.3 is 0 Å². The third kappa shape index (κ3) is 3.07. The molecule has 1 N–H and O–H groups in total. The van der Waals surface area contributed by atoms with Crippen molar-refractivity contribution < 1.29 is 4.59 Å². The van der Waals surface area contributed by atoms with Crippen LogP contribution < -0.4 is 5.32 Å². The van der Waals surface area contributed by atoms with E-state index in [-0.39, 0.29) is 5.54 Å². The summed E-state index contributed by atoms with van der Waals surface area (Å²) in [6.07, 6.45) is 11.0. The van der Waals surface area contributed by atoms with Crippen LogP contribution in [0.25, 0.3) is 0 Å². The van der Waals surface area contributed by atoms with Crippen LogP contribution in [-0.2, 0) is 5.54 Å². The average Bonchev–Trinajstić information content (AvgIpc) is 3.01. The molecule has 1 aromatic carbocycles. The first kappa shape index (κ1) is 16.3. The average molecular weight is 312 g/mol. The Morgan fingerprint density at radius 3 is 2.48 bits per heavy atom. The van der Waals surface area contributed by atoms with Gasteiger partial charge in [0.15, 0.2) is 0 Å². The van der Waals surface area contributed by atoms with Gasteiger partial charge in [0.1, 0.15) is 30.2 Å². The Morgan fingerprint density at radius 2 is 1.83 bits per heavy atom. The topological polar surface area (TPSA) is 24.4 Å². The lowest BCUT2D eigenvalue weighted by Gasteiger charge is -2.40. The summed E-state index contributed by atoms with van der Waals surface area (Å²) in [5.74, 6) is 0. The van der Waals surface area contributed by atoms with Crippen molar-refractivity contribution in [2.75, 3.05) is 6.54 Å². The summed E-state index contributed by atoms with van der Waals surface area (Å²) in [5.41, 5.74) is 2.44. The van der Waals surface area contributed by atoms with Gasteiger partial charge in [0.05, 0.1) is 0 Å². The van der Waals surface area contributed by atoms with Crippen molar-refractivity contribution in [1.82, 2.24) is 5.32 Å². The first-order valence-electron chi connectivity index (χ1n) is 9.06. The van der Waals surface area contributed by atoms with Crippen molar-refractivity contribution >= 4 is 6.21 Å². The standard InChI is InChI=1S/C20H30N3/c1-4-23(20(2,3)17-11-7-5-8-12-17)16-19(15-21-23)22-18-13-9-6-10-14-18/h5,7-8,11-12,15-16,18,22H,4,6,9-10,13-14H2,1-3H3/q+1. The molecule has 0 bridgehead atoms. The molecule has 0 amide bonds. The molecule has 1 fully saturated rings. The molecular formula is C20H30N3+. The number of hydrogen-bond acceptors (Lipinski definition) is 2. The van der Waals surface area contributed by atoms with Crippen molar-refractivity contribution in [3.05, 3.63) is 47.8 Å². The van der Waals surface area contributed by atoms with E-state index in [1.807, 2.05) is 6.21 Å². The number of nitrogens with one attached hydrogen (secondary N) is 1. The largest absolute Gasteiger partial charge is 0.377 e. The minimum absolute atomic E-state index is 0.0808. The SMILES string of the molecule is CC[N+]1(C(C)(C)c2ccccc2)C=C(NC2CCCCC2)C=N1. The van der Waals surface area contributed by atoms with E-state index in [9.17, 15) is 0 Å². The number of nitrogens with zero attached hydrogens (tertiary/aromatic N) is 2. The fourth-order valence-electron chi connectivity index (χ4n) is 3.96. The summed E-state index contributed by atoms with van der Waals surface area (Å²) in [5, 5.41) is 8.66. The molecule has 23 heavy (non-hydrogen) atoms.